The van der Waals surface area contributed by atoms with Crippen LogP contribution in [-0.4, -0.2) is 40.1 Å². The van der Waals surface area contributed by atoms with Gasteiger partial charge in [0.25, 0.3) is 0 Å². The van der Waals surface area contributed by atoms with Crippen molar-refractivity contribution in [1.29, 1.82) is 0 Å². The van der Waals surface area contributed by atoms with E-state index in [1.54, 1.807) is 6.07 Å². The summed E-state index contributed by atoms with van der Waals surface area (Å²) in [6, 6.07) is 1.56. The Morgan fingerprint density at radius 3 is 2.35 bits per heavy atom. The van der Waals surface area contributed by atoms with Crippen LogP contribution in [0.4, 0.5) is 5.82 Å². The van der Waals surface area contributed by atoms with Crippen LogP contribution in [0.25, 0.3) is 0 Å². The molecule has 0 spiro atoms. The number of nitrogens with zero attached hydrogens (tertiary/aromatic N) is 2. The Morgan fingerprint density at radius 2 is 1.74 bits per heavy atom. The Labute approximate surface area is 203 Å². The molecule has 8 heteroatoms. The summed E-state index contributed by atoms with van der Waals surface area (Å²) in [5.41, 5.74) is -0.540. The molecular formula is C26H43N3O5. The van der Waals surface area contributed by atoms with Crippen LogP contribution in [0.15, 0.2) is 29.2 Å². The highest BCUT2D eigenvalue weighted by Crippen LogP contribution is 2.19. The van der Waals surface area contributed by atoms with Crippen molar-refractivity contribution in [3.8, 4) is 0 Å². The van der Waals surface area contributed by atoms with E-state index in [-0.39, 0.29) is 24.9 Å². The van der Waals surface area contributed by atoms with Gasteiger partial charge in [-0.05, 0) is 38.2 Å². The van der Waals surface area contributed by atoms with Crippen molar-refractivity contribution in [1.82, 2.24) is 9.55 Å². The van der Waals surface area contributed by atoms with Gasteiger partial charge in [0.05, 0.1) is 13.2 Å². The molecule has 1 aromatic heterocycles. The second kappa shape index (κ2) is 17.4. The van der Waals surface area contributed by atoms with Crippen molar-refractivity contribution in [2.45, 2.75) is 109 Å². The van der Waals surface area contributed by atoms with Crippen LogP contribution in [-0.2, 0) is 14.3 Å². The smallest absolute Gasteiger partial charge is 0.351 e. The van der Waals surface area contributed by atoms with E-state index in [2.05, 4.69) is 29.4 Å². The molecule has 192 valence electrons. The van der Waals surface area contributed by atoms with E-state index in [4.69, 9.17) is 14.6 Å². The Kier molecular flexibility index (Phi) is 14.4. The lowest BCUT2D eigenvalue weighted by Gasteiger charge is -2.12. The maximum atomic E-state index is 12.2. The molecule has 2 N–H and O–H groups in total. The van der Waals surface area contributed by atoms with Gasteiger partial charge in [0, 0.05) is 12.6 Å². The summed E-state index contributed by atoms with van der Waals surface area (Å²) in [6.45, 7) is 2.14. The van der Waals surface area contributed by atoms with E-state index >= 15 is 0 Å². The van der Waals surface area contributed by atoms with E-state index in [9.17, 15) is 9.59 Å². The zero-order chi connectivity index (χ0) is 24.4. The van der Waals surface area contributed by atoms with Crippen LogP contribution in [0, 0.1) is 0 Å². The van der Waals surface area contributed by atoms with Crippen LogP contribution < -0.4 is 11.0 Å². The van der Waals surface area contributed by atoms with Gasteiger partial charge in [0.15, 0.2) is 12.5 Å². The van der Waals surface area contributed by atoms with E-state index in [0.29, 0.717) is 6.42 Å². The van der Waals surface area contributed by atoms with Gasteiger partial charge >= 0.3 is 5.69 Å². The summed E-state index contributed by atoms with van der Waals surface area (Å²) in [7, 11) is 0. The zero-order valence-corrected chi connectivity index (χ0v) is 20.8. The molecule has 1 fully saturated rings. The molecule has 0 aromatic carbocycles. The second-order valence-corrected chi connectivity index (χ2v) is 8.92. The first-order valence-electron chi connectivity index (χ1n) is 13.1. The summed E-state index contributed by atoms with van der Waals surface area (Å²) in [4.78, 5) is 28.2. The number of nitrogens with one attached hydrogen (secondary N) is 1. The highest BCUT2D eigenvalue weighted by molar-refractivity contribution is 5.89. The van der Waals surface area contributed by atoms with Crippen LogP contribution in [0.3, 0.4) is 0 Å². The standard InChI is InChI=1S/C26H43N3O5/c1-2-3-4-5-6-7-8-9-10-11-12-13-14-15-16-17-23(31)27-22-18-19-29(26(32)28-22)24-21-33-25(20-30)34-24/h12-13,18-19,24-25,30H,2-11,14-17,20-21H2,1H3,(H,27,28,31,32)/b13-12+/t24-,25-/m0/s1. The van der Waals surface area contributed by atoms with Crippen LogP contribution in [0.2, 0.25) is 0 Å². The van der Waals surface area contributed by atoms with E-state index in [1.165, 1.54) is 68.6 Å². The minimum absolute atomic E-state index is 0.149. The Bertz CT molecular complexity index is 780. The van der Waals surface area contributed by atoms with Crippen LogP contribution >= 0.6 is 0 Å². The minimum Gasteiger partial charge on any atom is -0.391 e. The van der Waals surface area contributed by atoms with Gasteiger partial charge in [-0.25, -0.2) is 4.79 Å². The molecule has 1 aromatic rings. The molecule has 2 rings (SSSR count). The molecule has 1 aliphatic heterocycles. The highest BCUT2D eigenvalue weighted by Gasteiger charge is 2.27. The summed E-state index contributed by atoms with van der Waals surface area (Å²) in [6.07, 6.45) is 21.1. The number of aliphatic hydroxyl groups excluding tert-OH is 1. The lowest BCUT2D eigenvalue weighted by atomic mass is 10.1. The van der Waals surface area contributed by atoms with Gasteiger partial charge in [-0.3, -0.25) is 9.36 Å². The molecule has 0 bridgehead atoms. The topological polar surface area (TPSA) is 103 Å². The number of aromatic nitrogens is 2. The molecular weight excluding hydrogens is 434 g/mol. The van der Waals surface area contributed by atoms with Gasteiger partial charge in [-0.1, -0.05) is 70.4 Å². The van der Waals surface area contributed by atoms with Crippen molar-refractivity contribution >= 4 is 11.7 Å². The average molecular weight is 478 g/mol. The lowest BCUT2D eigenvalue weighted by molar-refractivity contribution is -0.116. The van der Waals surface area contributed by atoms with Crippen molar-refractivity contribution < 1.29 is 19.4 Å². The average Bonchev–Trinajstić information content (AvgIpc) is 3.30. The molecule has 2 heterocycles. The first kappa shape index (κ1) is 28.2. The molecule has 1 amide bonds. The summed E-state index contributed by atoms with van der Waals surface area (Å²) < 4.78 is 11.9. The number of hydrogen-bond acceptors (Lipinski definition) is 6. The first-order chi connectivity index (χ1) is 16.6. The zero-order valence-electron chi connectivity index (χ0n) is 20.8. The third kappa shape index (κ3) is 11.4. The molecule has 34 heavy (non-hydrogen) atoms. The van der Waals surface area contributed by atoms with Gasteiger partial charge in [0.2, 0.25) is 5.91 Å². The molecule has 1 saturated heterocycles. The quantitative estimate of drug-likeness (QED) is 0.226. The minimum atomic E-state index is -0.735. The van der Waals surface area contributed by atoms with E-state index in [0.717, 1.165) is 25.7 Å². The molecule has 8 nitrogen and oxygen atoms in total. The monoisotopic (exact) mass is 477 g/mol. The third-order valence-corrected chi connectivity index (χ3v) is 5.96. The normalized spacial score (nSPS) is 18.1. The van der Waals surface area contributed by atoms with Crippen molar-refractivity contribution in [3.63, 3.8) is 0 Å². The Balaban J connectivity index is 1.49. The fourth-order valence-corrected chi connectivity index (χ4v) is 3.95. The summed E-state index contributed by atoms with van der Waals surface area (Å²) >= 11 is 0. The predicted molar refractivity (Wildman–Crippen MR) is 134 cm³/mol. The lowest BCUT2D eigenvalue weighted by Crippen LogP contribution is -2.29. The Hall–Kier alpha value is -2.03. The van der Waals surface area contributed by atoms with Crippen LogP contribution in [0.1, 0.15) is 103 Å². The number of anilines is 1. The van der Waals surface area contributed by atoms with Gasteiger partial charge in [-0.15, -0.1) is 0 Å². The molecule has 0 aliphatic carbocycles. The number of hydrogen-bond donors (Lipinski definition) is 2. The maximum Gasteiger partial charge on any atom is 0.351 e. The number of amides is 1. The number of ether oxygens (including phenoxy) is 2. The second-order valence-electron chi connectivity index (χ2n) is 8.92. The molecule has 1 aliphatic rings. The molecule has 0 radical (unpaired) electrons. The van der Waals surface area contributed by atoms with E-state index in [1.807, 2.05) is 0 Å². The van der Waals surface area contributed by atoms with E-state index < -0.39 is 18.2 Å². The fraction of sp³-hybridized carbons (Fsp3) is 0.731. The fourth-order valence-electron chi connectivity index (χ4n) is 3.95. The largest absolute Gasteiger partial charge is 0.391 e. The molecule has 0 unspecified atom stereocenters. The van der Waals surface area contributed by atoms with Crippen molar-refractivity contribution in [3.05, 3.63) is 34.9 Å². The number of carbonyl (C=O) groups is 1. The van der Waals surface area contributed by atoms with Crippen molar-refractivity contribution in [2.24, 2.45) is 0 Å². The maximum absolute atomic E-state index is 12.2. The third-order valence-electron chi connectivity index (χ3n) is 5.96. The summed E-state index contributed by atoms with van der Waals surface area (Å²) in [5.74, 6) is 0.0776. The molecule has 0 saturated carbocycles. The first-order valence-corrected chi connectivity index (χ1v) is 13.1. The number of allylic oxidation sites excluding steroid dienone is 2. The summed E-state index contributed by atoms with van der Waals surface area (Å²) in [5, 5.41) is 11.7. The van der Waals surface area contributed by atoms with Crippen LogP contribution in [0.5, 0.6) is 0 Å². The van der Waals surface area contributed by atoms with Gasteiger partial charge < -0.3 is 19.9 Å². The predicted octanol–water partition coefficient (Wildman–Crippen LogP) is 5.08. The van der Waals surface area contributed by atoms with Crippen molar-refractivity contribution in [2.75, 3.05) is 18.5 Å². The molecule has 2 atom stereocenters. The number of aliphatic hydroxyl groups is 1. The SMILES string of the molecule is CCCCCCCCCCC/C=C/CCCCC(=O)Nc1ccn([C@@H]2CO[C@H](CO)O2)c(=O)n1. The highest BCUT2D eigenvalue weighted by atomic mass is 16.7. The number of unbranched alkanes of at least 4 members (excludes halogenated alkanes) is 11. The number of carbonyl (C=O) groups excluding carboxylic acids is 1. The van der Waals surface area contributed by atoms with Gasteiger partial charge in [0.1, 0.15) is 5.82 Å². The Morgan fingerprint density at radius 1 is 1.09 bits per heavy atom. The van der Waals surface area contributed by atoms with Gasteiger partial charge in [-0.2, -0.15) is 4.98 Å². The number of rotatable bonds is 18.